The highest BCUT2D eigenvalue weighted by atomic mass is 16.5. The molecule has 4 fully saturated rings. The second kappa shape index (κ2) is 14.5. The fourth-order valence-corrected chi connectivity index (χ4v) is 9.83. The standard InChI is InChI=1S/C33H57NO7/c1-5-30(36)34-14-15-39-16-17-40-18-19-41-24-12-13-32(3)23(20-24)7-8-25-27-10-9-26(22(2)6-11-31(37)38)33(27,4)29(35)21-28(25)32/h22-29,35H,5-21H2,1-4H3,(H,34,36)(H,37,38)/t22-,23-,24+,25+,26-,27+,28+,29+,32+,33-/m1/s1. The molecule has 0 aliphatic heterocycles. The van der Waals surface area contributed by atoms with Gasteiger partial charge in [-0.1, -0.05) is 27.7 Å². The van der Waals surface area contributed by atoms with E-state index in [1.807, 2.05) is 6.92 Å². The highest BCUT2D eigenvalue weighted by molar-refractivity contribution is 5.75. The van der Waals surface area contributed by atoms with Crippen molar-refractivity contribution in [3.63, 3.8) is 0 Å². The number of carboxylic acid groups (broad SMARTS) is 1. The van der Waals surface area contributed by atoms with Gasteiger partial charge in [0.25, 0.3) is 0 Å². The Balaban J connectivity index is 1.21. The lowest BCUT2D eigenvalue weighted by atomic mass is 9.43. The van der Waals surface area contributed by atoms with E-state index in [0.717, 1.165) is 25.7 Å². The highest BCUT2D eigenvalue weighted by Crippen LogP contribution is 2.68. The summed E-state index contributed by atoms with van der Waals surface area (Å²) < 4.78 is 17.5. The molecule has 10 atom stereocenters. The van der Waals surface area contributed by atoms with Crippen molar-refractivity contribution in [2.45, 2.75) is 111 Å². The number of hydrogen-bond acceptors (Lipinski definition) is 6. The third-order valence-electron chi connectivity index (χ3n) is 12.1. The van der Waals surface area contributed by atoms with Gasteiger partial charge in [-0.05, 0) is 104 Å². The Morgan fingerprint density at radius 1 is 0.951 bits per heavy atom. The van der Waals surface area contributed by atoms with Crippen molar-refractivity contribution in [2.24, 2.45) is 46.3 Å². The second-order valence-corrected chi connectivity index (χ2v) is 14.1. The molecule has 0 bridgehead atoms. The van der Waals surface area contributed by atoms with Gasteiger partial charge in [-0.2, -0.15) is 0 Å². The lowest BCUT2D eigenvalue weighted by molar-refractivity contribution is -0.178. The summed E-state index contributed by atoms with van der Waals surface area (Å²) in [5.41, 5.74) is 0.182. The van der Waals surface area contributed by atoms with Gasteiger partial charge >= 0.3 is 5.97 Å². The van der Waals surface area contributed by atoms with Crippen LogP contribution < -0.4 is 5.32 Å². The number of carboxylic acids is 1. The summed E-state index contributed by atoms with van der Waals surface area (Å²) in [5, 5.41) is 23.7. The number of hydrogen-bond donors (Lipinski definition) is 3. The third-order valence-corrected chi connectivity index (χ3v) is 12.1. The van der Waals surface area contributed by atoms with Gasteiger partial charge in [-0.3, -0.25) is 9.59 Å². The first-order valence-electron chi connectivity index (χ1n) is 16.5. The van der Waals surface area contributed by atoms with Crippen molar-refractivity contribution in [3.05, 3.63) is 0 Å². The summed E-state index contributed by atoms with van der Waals surface area (Å²) in [7, 11) is 0. The Kier molecular flexibility index (Phi) is 11.6. The quantitative estimate of drug-likeness (QED) is 0.232. The average Bonchev–Trinajstić information content (AvgIpc) is 3.31. The number of nitrogens with one attached hydrogen (secondary N) is 1. The molecule has 8 heteroatoms. The Labute approximate surface area is 247 Å². The van der Waals surface area contributed by atoms with Crippen LogP contribution in [0.3, 0.4) is 0 Å². The molecule has 236 valence electrons. The molecule has 0 unspecified atom stereocenters. The van der Waals surface area contributed by atoms with Crippen LogP contribution in [0.5, 0.6) is 0 Å². The van der Waals surface area contributed by atoms with Gasteiger partial charge in [-0.15, -0.1) is 0 Å². The zero-order chi connectivity index (χ0) is 29.6. The minimum Gasteiger partial charge on any atom is -0.481 e. The van der Waals surface area contributed by atoms with Crippen LogP contribution >= 0.6 is 0 Å². The van der Waals surface area contributed by atoms with Crippen LogP contribution in [0.2, 0.25) is 0 Å². The number of aliphatic hydroxyl groups excluding tert-OH is 1. The van der Waals surface area contributed by atoms with Crippen LogP contribution in [0.1, 0.15) is 98.3 Å². The normalized spacial score (nSPS) is 38.9. The molecule has 4 aliphatic rings. The Morgan fingerprint density at radius 3 is 2.41 bits per heavy atom. The smallest absolute Gasteiger partial charge is 0.303 e. The molecule has 4 rings (SSSR count). The molecule has 0 aromatic carbocycles. The first-order valence-corrected chi connectivity index (χ1v) is 16.5. The summed E-state index contributed by atoms with van der Waals surface area (Å²) >= 11 is 0. The third kappa shape index (κ3) is 7.30. The van der Waals surface area contributed by atoms with E-state index in [2.05, 4.69) is 26.1 Å². The lowest BCUT2D eigenvalue weighted by Crippen LogP contribution is -2.59. The lowest BCUT2D eigenvalue weighted by Gasteiger charge is -2.62. The predicted molar refractivity (Wildman–Crippen MR) is 157 cm³/mol. The number of amides is 1. The molecular formula is C33H57NO7. The summed E-state index contributed by atoms with van der Waals surface area (Å²) in [6.45, 7) is 12.2. The number of aliphatic carboxylic acids is 1. The van der Waals surface area contributed by atoms with Crippen molar-refractivity contribution in [2.75, 3.05) is 39.6 Å². The topological polar surface area (TPSA) is 114 Å². The number of fused-ring (bicyclic) bond motifs is 5. The maximum Gasteiger partial charge on any atom is 0.303 e. The molecule has 0 aromatic heterocycles. The Morgan fingerprint density at radius 2 is 1.68 bits per heavy atom. The first kappa shape index (κ1) is 32.7. The Hall–Kier alpha value is -1.22. The fourth-order valence-electron chi connectivity index (χ4n) is 9.83. The minimum atomic E-state index is -0.712. The van der Waals surface area contributed by atoms with Gasteiger partial charge in [0, 0.05) is 19.4 Å². The van der Waals surface area contributed by atoms with Crippen molar-refractivity contribution in [3.8, 4) is 0 Å². The van der Waals surface area contributed by atoms with E-state index in [1.165, 1.54) is 25.7 Å². The van der Waals surface area contributed by atoms with Crippen LogP contribution in [0.4, 0.5) is 0 Å². The number of carbonyl (C=O) groups is 2. The molecule has 1 amide bonds. The van der Waals surface area contributed by atoms with Gasteiger partial charge in [0.2, 0.25) is 5.91 Å². The maximum atomic E-state index is 11.7. The van der Waals surface area contributed by atoms with Crippen LogP contribution in [-0.4, -0.2) is 73.9 Å². The van der Waals surface area contributed by atoms with Crippen molar-refractivity contribution < 1.29 is 34.0 Å². The monoisotopic (exact) mass is 579 g/mol. The van der Waals surface area contributed by atoms with Gasteiger partial charge in [0.15, 0.2) is 0 Å². The molecule has 4 saturated carbocycles. The number of carbonyl (C=O) groups excluding carboxylic acids is 1. The molecule has 8 nitrogen and oxygen atoms in total. The zero-order valence-electron chi connectivity index (χ0n) is 26.1. The number of rotatable bonds is 15. The van der Waals surface area contributed by atoms with Crippen LogP contribution in [-0.2, 0) is 23.8 Å². The van der Waals surface area contributed by atoms with E-state index in [4.69, 9.17) is 14.2 Å². The number of aliphatic hydroxyl groups is 1. The highest BCUT2D eigenvalue weighted by Gasteiger charge is 2.63. The maximum absolute atomic E-state index is 11.7. The minimum absolute atomic E-state index is 0.0423. The van der Waals surface area contributed by atoms with Gasteiger partial charge in [0.05, 0.1) is 45.2 Å². The van der Waals surface area contributed by atoms with E-state index in [0.29, 0.717) is 87.9 Å². The molecule has 4 aliphatic carbocycles. The van der Waals surface area contributed by atoms with Crippen LogP contribution in [0.25, 0.3) is 0 Å². The molecule has 0 saturated heterocycles. The predicted octanol–water partition coefficient (Wildman–Crippen LogP) is 5.06. The van der Waals surface area contributed by atoms with Crippen LogP contribution in [0, 0.1) is 46.3 Å². The largest absolute Gasteiger partial charge is 0.481 e. The van der Waals surface area contributed by atoms with Crippen molar-refractivity contribution in [1.82, 2.24) is 5.32 Å². The molecule has 41 heavy (non-hydrogen) atoms. The first-order chi connectivity index (χ1) is 19.6. The summed E-state index contributed by atoms with van der Waals surface area (Å²) in [6.07, 6.45) is 10.5. The van der Waals surface area contributed by atoms with Gasteiger partial charge in [-0.25, -0.2) is 0 Å². The van der Waals surface area contributed by atoms with Gasteiger partial charge < -0.3 is 29.7 Å². The fraction of sp³-hybridized carbons (Fsp3) is 0.939. The van der Waals surface area contributed by atoms with E-state index in [-0.39, 0.29) is 35.4 Å². The SMILES string of the molecule is CCC(=O)NCCOCCOCCO[C@H]1CC[C@@]2(C)[C@H](CC[C@@H]3[C@@H]2C[C@H](O)[C@]2(C)[C@@H]([C@H](C)CCC(=O)O)CC[C@@H]32)C1. The molecule has 0 heterocycles. The second-order valence-electron chi connectivity index (χ2n) is 14.1. The summed E-state index contributed by atoms with van der Waals surface area (Å²) in [6, 6.07) is 0. The van der Waals surface area contributed by atoms with E-state index in [9.17, 15) is 19.8 Å². The van der Waals surface area contributed by atoms with E-state index < -0.39 is 5.97 Å². The van der Waals surface area contributed by atoms with E-state index in [1.54, 1.807) is 0 Å². The molecule has 0 aromatic rings. The molecule has 0 radical (unpaired) electrons. The summed E-state index contributed by atoms with van der Waals surface area (Å²) in [5.74, 6) is 2.53. The Bertz CT molecular complexity index is 869. The average molecular weight is 580 g/mol. The molecule has 3 N–H and O–H groups in total. The van der Waals surface area contributed by atoms with Crippen molar-refractivity contribution >= 4 is 11.9 Å². The number of ether oxygens (including phenoxy) is 3. The van der Waals surface area contributed by atoms with Crippen molar-refractivity contribution in [1.29, 1.82) is 0 Å². The van der Waals surface area contributed by atoms with Crippen LogP contribution in [0.15, 0.2) is 0 Å². The zero-order valence-corrected chi connectivity index (χ0v) is 26.1. The summed E-state index contributed by atoms with van der Waals surface area (Å²) in [4.78, 5) is 22.4. The molecular weight excluding hydrogens is 522 g/mol. The van der Waals surface area contributed by atoms with Gasteiger partial charge in [0.1, 0.15) is 0 Å². The van der Waals surface area contributed by atoms with E-state index >= 15 is 0 Å². The molecule has 0 spiro atoms.